The Hall–Kier alpha value is -4.07. The first-order valence-electron chi connectivity index (χ1n) is 12.3. The molecular weight excluding hydrogens is 524 g/mol. The lowest BCUT2D eigenvalue weighted by Crippen LogP contribution is -2.51. The first-order valence-corrected chi connectivity index (χ1v) is 13.7. The lowest BCUT2D eigenvalue weighted by molar-refractivity contribution is -0.138. The first-order chi connectivity index (χ1) is 18.7. The van der Waals surface area contributed by atoms with Crippen LogP contribution >= 0.6 is 0 Å². The summed E-state index contributed by atoms with van der Waals surface area (Å²) in [6, 6.07) is 14.5. The number of carbonyl (C=O) groups excluding carboxylic acids is 1. The van der Waals surface area contributed by atoms with Crippen molar-refractivity contribution in [2.24, 2.45) is 0 Å². The third-order valence-electron chi connectivity index (χ3n) is 6.45. The molecule has 3 aromatic rings. The highest BCUT2D eigenvalue weighted by Gasteiger charge is 2.41. The van der Waals surface area contributed by atoms with Crippen LogP contribution in [0.1, 0.15) is 23.2 Å². The van der Waals surface area contributed by atoms with Crippen LogP contribution in [0.2, 0.25) is 0 Å². The van der Waals surface area contributed by atoms with Crippen molar-refractivity contribution in [3.05, 3.63) is 78.6 Å². The van der Waals surface area contributed by atoms with Gasteiger partial charge in [-0.3, -0.25) is 9.59 Å². The van der Waals surface area contributed by atoms with Crippen molar-refractivity contribution in [2.75, 3.05) is 37.0 Å². The number of anilines is 2. The number of aromatic nitrogens is 2. The van der Waals surface area contributed by atoms with Crippen molar-refractivity contribution >= 4 is 33.5 Å². The van der Waals surface area contributed by atoms with Gasteiger partial charge < -0.3 is 25.4 Å². The number of amides is 1. The number of carboxylic acids is 1. The normalized spacial score (nSPS) is 17.9. The molecule has 0 aliphatic carbocycles. The summed E-state index contributed by atoms with van der Waals surface area (Å²) in [4.78, 5) is 35.1. The van der Waals surface area contributed by atoms with Crippen molar-refractivity contribution in [1.29, 1.82) is 0 Å². The Balaban J connectivity index is 1.44. The zero-order valence-electron chi connectivity index (χ0n) is 21.3. The Morgan fingerprint density at radius 2 is 1.85 bits per heavy atom. The SMILES string of the molecule is CO[C@]1(CNc2ncccn2)CCCN1c1cccc(C(=O)NC[C@H](NS(=O)(=O)c2ccccc2)C(=O)O)c1. The molecule has 0 unspecified atom stereocenters. The molecule has 1 aliphatic heterocycles. The van der Waals surface area contributed by atoms with Gasteiger partial charge >= 0.3 is 5.97 Å². The standard InChI is InChI=1S/C26H30N6O6S/c1-38-26(18-30-25-27-13-7-14-28-25)12-6-15-32(26)20-9-5-8-19(16-20)23(33)29-17-22(24(34)35)31-39(36,37)21-10-3-2-4-11-21/h2-5,7-11,13-14,16,22,31H,6,12,15,17-18H2,1H3,(H,29,33)(H,34,35)(H,27,28,30)/t22-,26-/m0/s1. The number of benzene rings is 2. The van der Waals surface area contributed by atoms with Gasteiger partial charge in [0.25, 0.3) is 5.91 Å². The third kappa shape index (κ3) is 6.69. The zero-order chi connectivity index (χ0) is 27.9. The Morgan fingerprint density at radius 1 is 1.10 bits per heavy atom. The van der Waals surface area contributed by atoms with Crippen LogP contribution in [0.3, 0.4) is 0 Å². The molecule has 1 aromatic heterocycles. The lowest BCUT2D eigenvalue weighted by atomic mass is 10.1. The number of aliphatic carboxylic acids is 1. The second-order valence-corrected chi connectivity index (χ2v) is 10.6. The van der Waals surface area contributed by atoms with E-state index in [1.54, 1.807) is 49.8 Å². The van der Waals surface area contributed by atoms with Crippen molar-refractivity contribution in [3.8, 4) is 0 Å². The van der Waals surface area contributed by atoms with E-state index >= 15 is 0 Å². The fourth-order valence-electron chi connectivity index (χ4n) is 4.44. The Bertz CT molecular complexity index is 1390. The molecule has 4 N–H and O–H groups in total. The summed E-state index contributed by atoms with van der Waals surface area (Å²) in [6.45, 7) is 0.654. The van der Waals surface area contributed by atoms with E-state index in [1.165, 1.54) is 24.3 Å². The molecule has 4 rings (SSSR count). The molecule has 1 saturated heterocycles. The van der Waals surface area contributed by atoms with Gasteiger partial charge in [0.05, 0.1) is 11.4 Å². The summed E-state index contributed by atoms with van der Waals surface area (Å²) < 4.78 is 33.2. The van der Waals surface area contributed by atoms with Crippen LogP contribution in [0.5, 0.6) is 0 Å². The second-order valence-electron chi connectivity index (χ2n) is 8.92. The molecule has 1 amide bonds. The molecule has 0 saturated carbocycles. The number of nitrogens with one attached hydrogen (secondary N) is 3. The number of ether oxygens (including phenoxy) is 1. The van der Waals surface area contributed by atoms with Gasteiger partial charge in [-0.1, -0.05) is 24.3 Å². The average Bonchev–Trinajstić information content (AvgIpc) is 3.39. The van der Waals surface area contributed by atoms with Gasteiger partial charge in [-0.15, -0.1) is 0 Å². The van der Waals surface area contributed by atoms with Crippen LogP contribution in [0.15, 0.2) is 78.0 Å². The molecule has 13 heteroatoms. The molecule has 2 aromatic carbocycles. The van der Waals surface area contributed by atoms with E-state index in [4.69, 9.17) is 4.74 Å². The predicted octanol–water partition coefficient (Wildman–Crippen LogP) is 1.69. The highest BCUT2D eigenvalue weighted by Crippen LogP contribution is 2.35. The van der Waals surface area contributed by atoms with E-state index < -0.39 is 40.2 Å². The number of nitrogens with zero attached hydrogens (tertiary/aromatic N) is 3. The molecule has 0 radical (unpaired) electrons. The highest BCUT2D eigenvalue weighted by molar-refractivity contribution is 7.89. The summed E-state index contributed by atoms with van der Waals surface area (Å²) in [5.41, 5.74) is 0.342. The first kappa shape index (κ1) is 28.0. The van der Waals surface area contributed by atoms with Gasteiger partial charge in [0.1, 0.15) is 6.04 Å². The molecule has 0 bridgehead atoms. The summed E-state index contributed by atoms with van der Waals surface area (Å²) in [5, 5.41) is 15.3. The fraction of sp³-hybridized carbons (Fsp3) is 0.308. The van der Waals surface area contributed by atoms with E-state index in [0.717, 1.165) is 18.5 Å². The van der Waals surface area contributed by atoms with Crippen LogP contribution in [-0.4, -0.2) is 73.9 Å². The molecule has 0 spiro atoms. The van der Waals surface area contributed by atoms with Crippen LogP contribution in [-0.2, 0) is 19.6 Å². The Morgan fingerprint density at radius 3 is 2.54 bits per heavy atom. The van der Waals surface area contributed by atoms with E-state index in [-0.39, 0.29) is 4.90 Å². The molecule has 12 nitrogen and oxygen atoms in total. The number of carbonyl (C=O) groups is 2. The van der Waals surface area contributed by atoms with E-state index in [0.29, 0.717) is 24.6 Å². The van der Waals surface area contributed by atoms with E-state index in [9.17, 15) is 23.1 Å². The van der Waals surface area contributed by atoms with Crippen molar-refractivity contribution in [1.82, 2.24) is 20.0 Å². The van der Waals surface area contributed by atoms with E-state index in [2.05, 4.69) is 30.2 Å². The van der Waals surface area contributed by atoms with Gasteiger partial charge in [0.15, 0.2) is 5.72 Å². The third-order valence-corrected chi connectivity index (χ3v) is 7.93. The van der Waals surface area contributed by atoms with Gasteiger partial charge in [0.2, 0.25) is 16.0 Å². The monoisotopic (exact) mass is 554 g/mol. The molecule has 2 atom stereocenters. The highest BCUT2D eigenvalue weighted by atomic mass is 32.2. The minimum absolute atomic E-state index is 0.0733. The van der Waals surface area contributed by atoms with Crippen LogP contribution in [0, 0.1) is 0 Å². The van der Waals surface area contributed by atoms with Crippen molar-refractivity contribution in [2.45, 2.75) is 29.5 Å². The minimum Gasteiger partial charge on any atom is -0.480 e. The lowest BCUT2D eigenvalue weighted by Gasteiger charge is -2.39. The average molecular weight is 555 g/mol. The van der Waals surface area contributed by atoms with Gasteiger partial charge in [0, 0.05) is 43.8 Å². The summed E-state index contributed by atoms with van der Waals surface area (Å²) >= 11 is 0. The summed E-state index contributed by atoms with van der Waals surface area (Å²) in [5.74, 6) is -1.48. The quantitative estimate of drug-likeness (QED) is 0.259. The maximum atomic E-state index is 13.0. The molecule has 206 valence electrons. The van der Waals surface area contributed by atoms with Crippen LogP contribution < -0.4 is 20.3 Å². The van der Waals surface area contributed by atoms with Gasteiger partial charge in [-0.05, 0) is 49.2 Å². The molecule has 1 aliphatic rings. The molecule has 39 heavy (non-hydrogen) atoms. The van der Waals surface area contributed by atoms with Crippen LogP contribution in [0.25, 0.3) is 0 Å². The Labute approximate surface area is 226 Å². The zero-order valence-corrected chi connectivity index (χ0v) is 22.1. The number of rotatable bonds is 12. The minimum atomic E-state index is -4.09. The van der Waals surface area contributed by atoms with Gasteiger partial charge in [-0.25, -0.2) is 18.4 Å². The van der Waals surface area contributed by atoms with Crippen molar-refractivity contribution < 1.29 is 27.9 Å². The van der Waals surface area contributed by atoms with Crippen LogP contribution in [0.4, 0.5) is 11.6 Å². The summed E-state index contributed by atoms with van der Waals surface area (Å²) in [6.07, 6.45) is 4.89. The number of hydrogen-bond donors (Lipinski definition) is 4. The maximum absolute atomic E-state index is 13.0. The largest absolute Gasteiger partial charge is 0.480 e. The topological polar surface area (TPSA) is 163 Å². The number of sulfonamides is 1. The number of hydrogen-bond acceptors (Lipinski definition) is 9. The molecule has 1 fully saturated rings. The fourth-order valence-corrected chi connectivity index (χ4v) is 5.65. The van der Waals surface area contributed by atoms with Gasteiger partial charge in [-0.2, -0.15) is 4.72 Å². The van der Waals surface area contributed by atoms with Crippen molar-refractivity contribution in [3.63, 3.8) is 0 Å². The second kappa shape index (κ2) is 12.2. The number of carboxylic acid groups (broad SMARTS) is 1. The summed E-state index contributed by atoms with van der Waals surface area (Å²) in [7, 11) is -2.46. The Kier molecular flexibility index (Phi) is 8.74. The smallest absolute Gasteiger partial charge is 0.323 e. The maximum Gasteiger partial charge on any atom is 0.323 e. The molecule has 2 heterocycles. The predicted molar refractivity (Wildman–Crippen MR) is 144 cm³/mol. The molecular formula is C26H30N6O6S. The number of methoxy groups -OCH3 is 1. The van der Waals surface area contributed by atoms with E-state index in [1.807, 2.05) is 6.07 Å².